The highest BCUT2D eigenvalue weighted by Crippen LogP contribution is 2.40. The highest BCUT2D eigenvalue weighted by Gasteiger charge is 2.22. The second-order valence-corrected chi connectivity index (χ2v) is 10.4. The molecular formula is C35H38O5. The van der Waals surface area contributed by atoms with Crippen LogP contribution in [0.1, 0.15) is 56.9 Å². The molecule has 1 aliphatic carbocycles. The molecule has 5 heteroatoms. The van der Waals surface area contributed by atoms with Gasteiger partial charge in [-0.25, -0.2) is 9.59 Å². The lowest BCUT2D eigenvalue weighted by Crippen LogP contribution is -2.14. The van der Waals surface area contributed by atoms with Gasteiger partial charge in [-0.15, -0.1) is 0 Å². The summed E-state index contributed by atoms with van der Waals surface area (Å²) in [7, 11) is 1.51. The van der Waals surface area contributed by atoms with E-state index in [0.717, 1.165) is 34.2 Å². The third-order valence-electron chi connectivity index (χ3n) is 7.60. The van der Waals surface area contributed by atoms with Crippen molar-refractivity contribution in [2.45, 2.75) is 51.4 Å². The van der Waals surface area contributed by atoms with Crippen molar-refractivity contribution in [1.29, 1.82) is 0 Å². The normalized spacial score (nSPS) is 16.6. The first-order valence-electron chi connectivity index (χ1n) is 14.0. The van der Waals surface area contributed by atoms with Crippen molar-refractivity contribution in [3.8, 4) is 33.8 Å². The quantitative estimate of drug-likeness (QED) is 0.140. The molecule has 1 fully saturated rings. The van der Waals surface area contributed by atoms with Gasteiger partial charge in [-0.3, -0.25) is 0 Å². The molecule has 40 heavy (non-hydrogen) atoms. The molecule has 0 aliphatic heterocycles. The summed E-state index contributed by atoms with van der Waals surface area (Å²) in [6.07, 6.45) is 8.82. The van der Waals surface area contributed by atoms with Crippen molar-refractivity contribution in [1.82, 2.24) is 0 Å². The van der Waals surface area contributed by atoms with Gasteiger partial charge in [-0.2, -0.15) is 0 Å². The Labute approximate surface area is 237 Å². The highest BCUT2D eigenvalue weighted by molar-refractivity contribution is 5.91. The summed E-state index contributed by atoms with van der Waals surface area (Å²) in [4.78, 5) is 24.2. The molecule has 0 amide bonds. The van der Waals surface area contributed by atoms with Gasteiger partial charge in [0.05, 0.1) is 12.2 Å². The lowest BCUT2D eigenvalue weighted by molar-refractivity contribution is -0.131. The van der Waals surface area contributed by atoms with Gasteiger partial charge in [0.2, 0.25) is 0 Å². The molecule has 3 aromatic rings. The Hall–Kier alpha value is -3.96. The van der Waals surface area contributed by atoms with Crippen LogP contribution < -0.4 is 9.47 Å². The van der Waals surface area contributed by atoms with Crippen LogP contribution in [0.5, 0.6) is 11.5 Å². The van der Waals surface area contributed by atoms with Crippen molar-refractivity contribution in [2.24, 2.45) is 5.92 Å². The average Bonchev–Trinajstić information content (AvgIpc) is 2.98. The number of carbonyl (C=O) groups is 2. The Morgan fingerprint density at radius 2 is 1.52 bits per heavy atom. The second kappa shape index (κ2) is 13.9. The Morgan fingerprint density at radius 1 is 0.875 bits per heavy atom. The standard InChI is InChI=1S/C35H38O5/c1-5-7-25-8-10-26(11-9-25)27-12-14-29(15-13-27)32-22-30(18-21-33(32)40-35(37)24(3)23-38-4)28-16-19-31(20-17-28)39-34(36)6-2/h6,12-22,25-26H,2-3,5,7-11,23H2,1,4H3. The predicted octanol–water partition coefficient (Wildman–Crippen LogP) is 8.29. The average molecular weight is 539 g/mol. The molecule has 0 heterocycles. The summed E-state index contributed by atoms with van der Waals surface area (Å²) < 4.78 is 16.0. The molecule has 5 nitrogen and oxygen atoms in total. The van der Waals surface area contributed by atoms with Crippen LogP contribution in [0, 0.1) is 5.92 Å². The molecule has 0 radical (unpaired) electrons. The van der Waals surface area contributed by atoms with Gasteiger partial charge < -0.3 is 14.2 Å². The molecule has 0 saturated heterocycles. The Balaban J connectivity index is 1.61. The van der Waals surface area contributed by atoms with Crippen molar-refractivity contribution >= 4 is 11.9 Å². The minimum Gasteiger partial charge on any atom is -0.423 e. The van der Waals surface area contributed by atoms with Gasteiger partial charge in [0.25, 0.3) is 0 Å². The van der Waals surface area contributed by atoms with Gasteiger partial charge in [0, 0.05) is 18.7 Å². The van der Waals surface area contributed by atoms with E-state index in [0.29, 0.717) is 17.4 Å². The monoisotopic (exact) mass is 538 g/mol. The van der Waals surface area contributed by atoms with Crippen LogP contribution in [0.15, 0.2) is 91.5 Å². The maximum Gasteiger partial charge on any atom is 0.341 e. The van der Waals surface area contributed by atoms with Crippen LogP contribution >= 0.6 is 0 Å². The van der Waals surface area contributed by atoms with Gasteiger partial charge in [-0.1, -0.05) is 75.4 Å². The molecule has 4 rings (SSSR count). The van der Waals surface area contributed by atoms with Gasteiger partial charge in [0.15, 0.2) is 0 Å². The summed E-state index contributed by atoms with van der Waals surface area (Å²) in [5.41, 5.74) is 5.24. The molecule has 1 aliphatic rings. The van der Waals surface area contributed by atoms with Crippen LogP contribution in [0.25, 0.3) is 22.3 Å². The molecule has 0 atom stereocenters. The van der Waals surface area contributed by atoms with Crippen LogP contribution in [0.2, 0.25) is 0 Å². The minimum absolute atomic E-state index is 0.101. The molecule has 3 aromatic carbocycles. The first kappa shape index (κ1) is 29.0. The van der Waals surface area contributed by atoms with Gasteiger partial charge >= 0.3 is 11.9 Å². The molecule has 0 N–H and O–H groups in total. The lowest BCUT2D eigenvalue weighted by Gasteiger charge is -2.28. The Kier molecular flexibility index (Phi) is 10.1. The third-order valence-corrected chi connectivity index (χ3v) is 7.60. The van der Waals surface area contributed by atoms with E-state index in [4.69, 9.17) is 14.2 Å². The van der Waals surface area contributed by atoms with E-state index in [-0.39, 0.29) is 12.2 Å². The topological polar surface area (TPSA) is 61.8 Å². The van der Waals surface area contributed by atoms with Crippen LogP contribution in [0.3, 0.4) is 0 Å². The zero-order valence-corrected chi connectivity index (χ0v) is 23.5. The van der Waals surface area contributed by atoms with E-state index >= 15 is 0 Å². The largest absolute Gasteiger partial charge is 0.423 e. The van der Waals surface area contributed by atoms with E-state index in [9.17, 15) is 9.59 Å². The maximum absolute atomic E-state index is 12.7. The first-order valence-corrected chi connectivity index (χ1v) is 14.0. The molecule has 208 valence electrons. The lowest BCUT2D eigenvalue weighted by atomic mass is 9.77. The van der Waals surface area contributed by atoms with E-state index in [1.165, 1.54) is 51.2 Å². The van der Waals surface area contributed by atoms with Crippen LogP contribution in [0.4, 0.5) is 0 Å². The van der Waals surface area contributed by atoms with Crippen molar-refractivity contribution < 1.29 is 23.8 Å². The highest BCUT2D eigenvalue weighted by atomic mass is 16.5. The van der Waals surface area contributed by atoms with E-state index in [1.807, 2.05) is 24.3 Å². The van der Waals surface area contributed by atoms with Gasteiger partial charge in [0.1, 0.15) is 11.5 Å². The maximum atomic E-state index is 12.7. The number of rotatable bonds is 11. The van der Waals surface area contributed by atoms with E-state index in [1.54, 1.807) is 18.2 Å². The number of benzene rings is 3. The molecule has 1 saturated carbocycles. The predicted molar refractivity (Wildman–Crippen MR) is 159 cm³/mol. The number of hydrogen-bond donors (Lipinski definition) is 0. The fourth-order valence-electron chi connectivity index (χ4n) is 5.43. The van der Waals surface area contributed by atoms with Crippen molar-refractivity contribution in [3.05, 3.63) is 97.1 Å². The summed E-state index contributed by atoms with van der Waals surface area (Å²) >= 11 is 0. The number of carbonyl (C=O) groups excluding carboxylic acids is 2. The second-order valence-electron chi connectivity index (χ2n) is 10.4. The van der Waals surface area contributed by atoms with E-state index < -0.39 is 11.9 Å². The number of methoxy groups -OCH3 is 1. The Bertz CT molecular complexity index is 1330. The fourth-order valence-corrected chi connectivity index (χ4v) is 5.43. The molecule has 0 spiro atoms. The molecular weight excluding hydrogens is 500 g/mol. The first-order chi connectivity index (χ1) is 19.4. The van der Waals surface area contributed by atoms with Crippen molar-refractivity contribution in [2.75, 3.05) is 13.7 Å². The number of esters is 2. The summed E-state index contributed by atoms with van der Waals surface area (Å²) in [5.74, 6) is 1.33. The third kappa shape index (κ3) is 7.36. The Morgan fingerprint density at radius 3 is 2.15 bits per heavy atom. The summed E-state index contributed by atoms with van der Waals surface area (Å²) in [6, 6.07) is 21.6. The van der Waals surface area contributed by atoms with E-state index in [2.05, 4.69) is 44.3 Å². The smallest absolute Gasteiger partial charge is 0.341 e. The SMILES string of the molecule is C=CC(=O)Oc1ccc(-c2ccc(OC(=O)C(=C)COC)c(-c3ccc(C4CCC(CCC)CC4)cc3)c2)cc1. The van der Waals surface area contributed by atoms with Crippen molar-refractivity contribution in [3.63, 3.8) is 0 Å². The number of ether oxygens (including phenoxy) is 3. The fraction of sp³-hybridized carbons (Fsp3) is 0.314. The minimum atomic E-state index is -0.523. The molecule has 0 unspecified atom stereocenters. The summed E-state index contributed by atoms with van der Waals surface area (Å²) in [6.45, 7) is 9.58. The zero-order chi connectivity index (χ0) is 28.5. The zero-order valence-electron chi connectivity index (χ0n) is 23.5. The molecule has 0 aromatic heterocycles. The summed E-state index contributed by atoms with van der Waals surface area (Å²) in [5, 5.41) is 0. The number of hydrogen-bond acceptors (Lipinski definition) is 5. The van der Waals surface area contributed by atoms with Crippen LogP contribution in [-0.2, 0) is 14.3 Å². The van der Waals surface area contributed by atoms with Gasteiger partial charge in [-0.05, 0) is 84.0 Å². The van der Waals surface area contributed by atoms with Crippen LogP contribution in [-0.4, -0.2) is 25.7 Å². The molecule has 0 bridgehead atoms.